The number of anilines is 2. The van der Waals surface area contributed by atoms with Crippen molar-refractivity contribution in [3.8, 4) is 0 Å². The molecule has 0 atom stereocenters. The number of pyridine rings is 1. The number of rotatable bonds is 4. The molecule has 0 bridgehead atoms. The lowest BCUT2D eigenvalue weighted by Crippen LogP contribution is -2.07. The van der Waals surface area contributed by atoms with E-state index in [2.05, 4.69) is 15.6 Å². The van der Waals surface area contributed by atoms with E-state index in [0.717, 1.165) is 5.56 Å². The van der Waals surface area contributed by atoms with Gasteiger partial charge < -0.3 is 10.6 Å². The third-order valence-corrected chi connectivity index (χ3v) is 2.49. The second-order valence-electron chi connectivity index (χ2n) is 4.09. The summed E-state index contributed by atoms with van der Waals surface area (Å²) in [5.74, 6) is -0.553. The lowest BCUT2D eigenvalue weighted by molar-refractivity contribution is -0.114. The maximum absolute atomic E-state index is 13.6. The van der Waals surface area contributed by atoms with Crippen LogP contribution in [-0.4, -0.2) is 10.9 Å². The van der Waals surface area contributed by atoms with Crippen molar-refractivity contribution in [3.05, 3.63) is 54.1 Å². The van der Waals surface area contributed by atoms with Gasteiger partial charge in [-0.3, -0.25) is 9.78 Å². The van der Waals surface area contributed by atoms with Gasteiger partial charge in [0.15, 0.2) is 0 Å². The summed E-state index contributed by atoms with van der Waals surface area (Å²) in [6, 6.07) is 8.12. The summed E-state index contributed by atoms with van der Waals surface area (Å²) in [6.45, 7) is 1.88. The molecule has 19 heavy (non-hydrogen) atoms. The molecule has 2 N–H and O–H groups in total. The van der Waals surface area contributed by atoms with E-state index in [4.69, 9.17) is 0 Å². The molecule has 0 aliphatic carbocycles. The number of benzene rings is 1. The van der Waals surface area contributed by atoms with Crippen molar-refractivity contribution in [1.29, 1.82) is 0 Å². The van der Waals surface area contributed by atoms with Gasteiger partial charge in [-0.25, -0.2) is 4.39 Å². The minimum Gasteiger partial charge on any atom is -0.378 e. The van der Waals surface area contributed by atoms with Crippen LogP contribution in [0.1, 0.15) is 12.5 Å². The second-order valence-corrected chi connectivity index (χ2v) is 4.09. The Bertz CT molecular complexity index is 572. The lowest BCUT2D eigenvalue weighted by atomic mass is 10.2. The molecule has 0 aliphatic rings. The molecule has 2 rings (SSSR count). The Hall–Kier alpha value is -2.43. The third kappa shape index (κ3) is 3.77. The number of nitrogens with zero attached hydrogens (tertiary/aromatic N) is 1. The maximum Gasteiger partial charge on any atom is 0.221 e. The summed E-state index contributed by atoms with van der Waals surface area (Å²) >= 11 is 0. The molecule has 1 aromatic carbocycles. The van der Waals surface area contributed by atoms with Gasteiger partial charge in [-0.1, -0.05) is 6.07 Å². The van der Waals surface area contributed by atoms with Gasteiger partial charge in [0.1, 0.15) is 5.82 Å². The molecule has 0 aliphatic heterocycles. The molecular formula is C14H14FN3O. The Morgan fingerprint density at radius 1 is 1.37 bits per heavy atom. The van der Waals surface area contributed by atoms with Crippen LogP contribution in [0.5, 0.6) is 0 Å². The van der Waals surface area contributed by atoms with E-state index in [-0.39, 0.29) is 11.7 Å². The molecule has 0 saturated carbocycles. The molecule has 2 aromatic rings. The molecule has 4 nitrogen and oxygen atoms in total. The number of aromatic nitrogens is 1. The molecule has 0 fully saturated rings. The van der Waals surface area contributed by atoms with Gasteiger partial charge >= 0.3 is 0 Å². The molecule has 98 valence electrons. The standard InChI is InChI=1S/C14H14FN3O/c1-10(19)18-12-4-5-13(15)14(7-12)17-9-11-3-2-6-16-8-11/h2-8,17H,9H2,1H3,(H,18,19). The zero-order chi connectivity index (χ0) is 13.7. The summed E-state index contributed by atoms with van der Waals surface area (Å²) in [4.78, 5) is 14.9. The Labute approximate surface area is 110 Å². The van der Waals surface area contributed by atoms with Gasteiger partial charge in [0.2, 0.25) is 5.91 Å². The first-order chi connectivity index (χ1) is 9.15. The summed E-state index contributed by atoms with van der Waals surface area (Å²) in [7, 11) is 0. The van der Waals surface area contributed by atoms with Crippen molar-refractivity contribution in [2.45, 2.75) is 13.5 Å². The van der Waals surface area contributed by atoms with Crippen molar-refractivity contribution in [3.63, 3.8) is 0 Å². The molecule has 0 radical (unpaired) electrons. The third-order valence-electron chi connectivity index (χ3n) is 2.49. The molecule has 5 heteroatoms. The Kier molecular flexibility index (Phi) is 4.07. The predicted molar refractivity (Wildman–Crippen MR) is 72.3 cm³/mol. The number of nitrogens with one attached hydrogen (secondary N) is 2. The van der Waals surface area contributed by atoms with Crippen molar-refractivity contribution in [2.75, 3.05) is 10.6 Å². The van der Waals surface area contributed by atoms with Crippen LogP contribution < -0.4 is 10.6 Å². The van der Waals surface area contributed by atoms with Crippen molar-refractivity contribution in [1.82, 2.24) is 4.98 Å². The highest BCUT2D eigenvalue weighted by atomic mass is 19.1. The second kappa shape index (κ2) is 5.95. The van der Waals surface area contributed by atoms with E-state index in [1.807, 2.05) is 12.1 Å². The van der Waals surface area contributed by atoms with E-state index in [9.17, 15) is 9.18 Å². The minimum atomic E-state index is -0.363. The first kappa shape index (κ1) is 13.0. The molecule has 0 spiro atoms. The maximum atomic E-state index is 13.6. The van der Waals surface area contributed by atoms with Crippen molar-refractivity contribution >= 4 is 17.3 Å². The summed E-state index contributed by atoms with van der Waals surface area (Å²) in [6.07, 6.45) is 3.39. The molecule has 0 unspecified atom stereocenters. The number of amides is 1. The van der Waals surface area contributed by atoms with Crippen molar-refractivity contribution in [2.24, 2.45) is 0 Å². The number of halogens is 1. The largest absolute Gasteiger partial charge is 0.378 e. The number of carbonyl (C=O) groups excluding carboxylic acids is 1. The molecule has 1 heterocycles. The smallest absolute Gasteiger partial charge is 0.221 e. The molecule has 0 saturated heterocycles. The van der Waals surface area contributed by atoms with Crippen LogP contribution in [0.15, 0.2) is 42.7 Å². The zero-order valence-electron chi connectivity index (χ0n) is 10.5. The number of hydrogen-bond donors (Lipinski definition) is 2. The average Bonchev–Trinajstić information content (AvgIpc) is 2.40. The van der Waals surface area contributed by atoms with Crippen molar-refractivity contribution < 1.29 is 9.18 Å². The van der Waals surface area contributed by atoms with E-state index in [0.29, 0.717) is 17.9 Å². The highest BCUT2D eigenvalue weighted by Crippen LogP contribution is 2.20. The van der Waals surface area contributed by atoms with Gasteiger partial charge in [-0.15, -0.1) is 0 Å². The van der Waals surface area contributed by atoms with Gasteiger partial charge in [0.05, 0.1) is 5.69 Å². The SMILES string of the molecule is CC(=O)Nc1ccc(F)c(NCc2cccnc2)c1. The minimum absolute atomic E-state index is 0.190. The Morgan fingerprint density at radius 3 is 2.89 bits per heavy atom. The van der Waals surface area contributed by atoms with E-state index < -0.39 is 0 Å². The van der Waals surface area contributed by atoms with Crippen LogP contribution in [0.3, 0.4) is 0 Å². The lowest BCUT2D eigenvalue weighted by Gasteiger charge is -2.10. The Balaban J connectivity index is 2.08. The highest BCUT2D eigenvalue weighted by molar-refractivity contribution is 5.89. The van der Waals surface area contributed by atoms with E-state index in [1.54, 1.807) is 18.5 Å². The van der Waals surface area contributed by atoms with Crippen LogP contribution in [-0.2, 0) is 11.3 Å². The van der Waals surface area contributed by atoms with Gasteiger partial charge in [-0.05, 0) is 29.8 Å². The quantitative estimate of drug-likeness (QED) is 0.887. The summed E-state index contributed by atoms with van der Waals surface area (Å²) < 4.78 is 13.6. The topological polar surface area (TPSA) is 54.0 Å². The van der Waals surface area contributed by atoms with Crippen LogP contribution >= 0.6 is 0 Å². The molecular weight excluding hydrogens is 245 g/mol. The Morgan fingerprint density at radius 2 is 2.21 bits per heavy atom. The van der Waals surface area contributed by atoms with Crippen LogP contribution in [0, 0.1) is 5.82 Å². The fraction of sp³-hybridized carbons (Fsp3) is 0.143. The number of carbonyl (C=O) groups is 1. The number of hydrogen-bond acceptors (Lipinski definition) is 3. The van der Waals surface area contributed by atoms with Crippen LogP contribution in [0.4, 0.5) is 15.8 Å². The normalized spacial score (nSPS) is 10.0. The van der Waals surface area contributed by atoms with Gasteiger partial charge in [-0.2, -0.15) is 0 Å². The molecule has 1 aromatic heterocycles. The van der Waals surface area contributed by atoms with Gasteiger partial charge in [0, 0.05) is 31.5 Å². The van der Waals surface area contributed by atoms with E-state index >= 15 is 0 Å². The average molecular weight is 259 g/mol. The highest BCUT2D eigenvalue weighted by Gasteiger charge is 2.04. The zero-order valence-corrected chi connectivity index (χ0v) is 10.5. The monoisotopic (exact) mass is 259 g/mol. The molecule has 1 amide bonds. The first-order valence-electron chi connectivity index (χ1n) is 5.85. The van der Waals surface area contributed by atoms with Crippen LogP contribution in [0.2, 0.25) is 0 Å². The fourth-order valence-corrected chi connectivity index (χ4v) is 1.64. The fourth-order valence-electron chi connectivity index (χ4n) is 1.64. The van der Waals surface area contributed by atoms with Crippen LogP contribution in [0.25, 0.3) is 0 Å². The predicted octanol–water partition coefficient (Wildman–Crippen LogP) is 2.79. The first-order valence-corrected chi connectivity index (χ1v) is 5.85. The summed E-state index contributed by atoms with van der Waals surface area (Å²) in [5, 5.41) is 5.59. The van der Waals surface area contributed by atoms with Gasteiger partial charge in [0.25, 0.3) is 0 Å². The summed E-state index contributed by atoms with van der Waals surface area (Å²) in [5.41, 5.74) is 1.85. The van der Waals surface area contributed by atoms with E-state index in [1.165, 1.54) is 19.1 Å².